The third kappa shape index (κ3) is 1.88. The quantitative estimate of drug-likeness (QED) is 0.727. The third-order valence-corrected chi connectivity index (χ3v) is 2.52. The van der Waals surface area contributed by atoms with E-state index in [0.29, 0.717) is 0 Å². The predicted molar refractivity (Wildman–Crippen MR) is 52.7 cm³/mol. The van der Waals surface area contributed by atoms with Crippen molar-refractivity contribution in [3.8, 4) is 12.3 Å². The lowest BCUT2D eigenvalue weighted by Gasteiger charge is -2.05. The molecule has 0 heterocycles. The van der Waals surface area contributed by atoms with Gasteiger partial charge in [-0.2, -0.15) is 0 Å². The van der Waals surface area contributed by atoms with Crippen LogP contribution in [0.3, 0.4) is 0 Å². The second kappa shape index (κ2) is 3.75. The first kappa shape index (κ1) is 9.31. The molecule has 1 atom stereocenters. The fraction of sp³-hybridized carbons (Fsp3) is 0.200. The van der Waals surface area contributed by atoms with Gasteiger partial charge in [0.25, 0.3) is 0 Å². The molecule has 0 aromatic heterocycles. The van der Waals surface area contributed by atoms with Crippen molar-refractivity contribution >= 4 is 15.9 Å². The van der Waals surface area contributed by atoms with Gasteiger partial charge in [-0.1, -0.05) is 34.0 Å². The molecule has 0 aliphatic heterocycles. The van der Waals surface area contributed by atoms with Crippen molar-refractivity contribution in [3.63, 3.8) is 0 Å². The Morgan fingerprint density at radius 2 is 2.25 bits per heavy atom. The van der Waals surface area contributed by atoms with Crippen LogP contribution in [0.5, 0.6) is 0 Å². The van der Waals surface area contributed by atoms with E-state index in [1.165, 1.54) is 0 Å². The molecule has 0 spiro atoms. The Labute approximate surface area is 80.6 Å². The smallest absolute Gasteiger partial charge is 0.140 e. The highest BCUT2D eigenvalue weighted by Crippen LogP contribution is 2.21. The monoisotopic (exact) mass is 224 g/mol. The Bertz CT molecular complexity index is 325. The lowest BCUT2D eigenvalue weighted by Crippen LogP contribution is -1.93. The Balaban J connectivity index is 3.06. The Kier molecular flexibility index (Phi) is 2.91. The van der Waals surface area contributed by atoms with Gasteiger partial charge < -0.3 is 5.11 Å². The molecule has 0 unspecified atom stereocenters. The molecule has 12 heavy (non-hydrogen) atoms. The van der Waals surface area contributed by atoms with E-state index in [0.717, 1.165) is 15.6 Å². The summed E-state index contributed by atoms with van der Waals surface area (Å²) in [6.45, 7) is 1.98. The minimum Gasteiger partial charge on any atom is -0.376 e. The summed E-state index contributed by atoms with van der Waals surface area (Å²) in [5.41, 5.74) is 1.87. The van der Waals surface area contributed by atoms with Crippen LogP contribution in [0.4, 0.5) is 0 Å². The highest BCUT2D eigenvalue weighted by molar-refractivity contribution is 9.10. The van der Waals surface area contributed by atoms with Crippen LogP contribution >= 0.6 is 15.9 Å². The van der Waals surface area contributed by atoms with E-state index in [-0.39, 0.29) is 0 Å². The summed E-state index contributed by atoms with van der Waals surface area (Å²) in [5.74, 6) is 2.26. The zero-order chi connectivity index (χ0) is 9.14. The van der Waals surface area contributed by atoms with Crippen LogP contribution in [0.1, 0.15) is 17.2 Å². The molecular weight excluding hydrogens is 216 g/mol. The molecule has 0 fully saturated rings. The van der Waals surface area contributed by atoms with Gasteiger partial charge in [0.1, 0.15) is 6.10 Å². The highest BCUT2D eigenvalue weighted by Gasteiger charge is 2.04. The standard InChI is InChI=1S/C10H9BrO/c1-3-10(12)8-5-4-7(2)9(11)6-8/h1,4-6,10,12H,2H3/t10-/m1/s1. The molecule has 0 saturated heterocycles. The van der Waals surface area contributed by atoms with E-state index in [9.17, 15) is 5.11 Å². The summed E-state index contributed by atoms with van der Waals surface area (Å²) >= 11 is 3.36. The minimum atomic E-state index is -0.804. The van der Waals surface area contributed by atoms with E-state index in [1.807, 2.05) is 25.1 Å². The Morgan fingerprint density at radius 3 is 2.75 bits per heavy atom. The fourth-order valence-electron chi connectivity index (χ4n) is 0.875. The van der Waals surface area contributed by atoms with Crippen molar-refractivity contribution in [2.24, 2.45) is 0 Å². The lowest BCUT2D eigenvalue weighted by molar-refractivity contribution is 0.238. The number of rotatable bonds is 1. The van der Waals surface area contributed by atoms with Crippen LogP contribution in [0, 0.1) is 19.3 Å². The first-order chi connectivity index (χ1) is 5.65. The number of halogens is 1. The summed E-state index contributed by atoms with van der Waals surface area (Å²) in [6, 6.07) is 5.57. The first-order valence-electron chi connectivity index (χ1n) is 3.55. The van der Waals surface area contributed by atoms with Gasteiger partial charge in [0.2, 0.25) is 0 Å². The van der Waals surface area contributed by atoms with Crippen LogP contribution in [0.2, 0.25) is 0 Å². The van der Waals surface area contributed by atoms with E-state index < -0.39 is 6.10 Å². The van der Waals surface area contributed by atoms with Crippen molar-refractivity contribution in [2.45, 2.75) is 13.0 Å². The van der Waals surface area contributed by atoms with E-state index in [1.54, 1.807) is 0 Å². The Hall–Kier alpha value is -0.780. The van der Waals surface area contributed by atoms with Crippen LogP contribution in [0.25, 0.3) is 0 Å². The molecule has 0 radical (unpaired) electrons. The number of hydrogen-bond acceptors (Lipinski definition) is 1. The van der Waals surface area contributed by atoms with Gasteiger partial charge in [0.15, 0.2) is 0 Å². The van der Waals surface area contributed by atoms with Gasteiger partial charge in [-0.25, -0.2) is 0 Å². The molecule has 0 aliphatic carbocycles. The van der Waals surface area contributed by atoms with Gasteiger partial charge in [-0.3, -0.25) is 0 Å². The van der Waals surface area contributed by atoms with Crippen molar-refractivity contribution in [2.75, 3.05) is 0 Å². The van der Waals surface area contributed by atoms with E-state index >= 15 is 0 Å². The second-order valence-corrected chi connectivity index (χ2v) is 3.43. The van der Waals surface area contributed by atoms with Crippen LogP contribution in [0.15, 0.2) is 22.7 Å². The molecule has 1 aromatic carbocycles. The molecule has 62 valence electrons. The third-order valence-electron chi connectivity index (χ3n) is 1.67. The maximum Gasteiger partial charge on any atom is 0.140 e. The van der Waals surface area contributed by atoms with E-state index in [4.69, 9.17) is 6.42 Å². The first-order valence-corrected chi connectivity index (χ1v) is 4.34. The molecule has 2 heteroatoms. The number of benzene rings is 1. The average Bonchev–Trinajstić information content (AvgIpc) is 2.08. The summed E-state index contributed by atoms with van der Waals surface area (Å²) < 4.78 is 0.967. The molecule has 0 aliphatic rings. The van der Waals surface area contributed by atoms with E-state index in [2.05, 4.69) is 21.9 Å². The predicted octanol–water partition coefficient (Wildman–Crippen LogP) is 2.42. The molecule has 0 bridgehead atoms. The van der Waals surface area contributed by atoms with Crippen LogP contribution < -0.4 is 0 Å². The zero-order valence-corrected chi connectivity index (χ0v) is 8.30. The van der Waals surface area contributed by atoms with Crippen LogP contribution in [-0.4, -0.2) is 5.11 Å². The van der Waals surface area contributed by atoms with Gasteiger partial charge in [-0.05, 0) is 24.1 Å². The number of hydrogen-bond donors (Lipinski definition) is 1. The molecule has 0 saturated carbocycles. The number of aliphatic hydroxyl groups is 1. The highest BCUT2D eigenvalue weighted by atomic mass is 79.9. The van der Waals surface area contributed by atoms with Crippen LogP contribution in [-0.2, 0) is 0 Å². The largest absolute Gasteiger partial charge is 0.376 e. The number of terminal acetylenes is 1. The van der Waals surface area contributed by atoms with Gasteiger partial charge in [-0.15, -0.1) is 6.42 Å². The molecular formula is C10H9BrO. The summed E-state index contributed by atoms with van der Waals surface area (Å²) in [6.07, 6.45) is 4.27. The zero-order valence-electron chi connectivity index (χ0n) is 6.71. The van der Waals surface area contributed by atoms with Gasteiger partial charge in [0.05, 0.1) is 0 Å². The van der Waals surface area contributed by atoms with Crippen molar-refractivity contribution in [3.05, 3.63) is 33.8 Å². The summed E-state index contributed by atoms with van der Waals surface area (Å²) in [5, 5.41) is 9.29. The average molecular weight is 225 g/mol. The maximum absolute atomic E-state index is 9.29. The molecule has 1 N–H and O–H groups in total. The maximum atomic E-state index is 9.29. The molecule has 0 amide bonds. The summed E-state index contributed by atoms with van der Waals surface area (Å²) in [4.78, 5) is 0. The SMILES string of the molecule is C#C[C@@H](O)c1ccc(C)c(Br)c1. The summed E-state index contributed by atoms with van der Waals surface area (Å²) in [7, 11) is 0. The lowest BCUT2D eigenvalue weighted by atomic mass is 10.1. The number of aliphatic hydroxyl groups excluding tert-OH is 1. The van der Waals surface area contributed by atoms with Crippen molar-refractivity contribution in [1.82, 2.24) is 0 Å². The normalized spacial score (nSPS) is 12.2. The molecule has 1 nitrogen and oxygen atoms in total. The van der Waals surface area contributed by atoms with Gasteiger partial charge in [0, 0.05) is 4.47 Å². The minimum absolute atomic E-state index is 0.745. The molecule has 1 aromatic rings. The molecule has 1 rings (SSSR count). The second-order valence-electron chi connectivity index (χ2n) is 2.58. The fourth-order valence-corrected chi connectivity index (χ4v) is 1.27. The van der Waals surface area contributed by atoms with Crippen molar-refractivity contribution in [1.29, 1.82) is 0 Å². The topological polar surface area (TPSA) is 20.2 Å². The van der Waals surface area contributed by atoms with Crippen molar-refractivity contribution < 1.29 is 5.11 Å². The van der Waals surface area contributed by atoms with Gasteiger partial charge >= 0.3 is 0 Å². The Morgan fingerprint density at radius 1 is 1.58 bits per heavy atom. The number of aryl methyl sites for hydroxylation is 1.